The Morgan fingerprint density at radius 3 is 2.41 bits per heavy atom. The van der Waals surface area contributed by atoms with Gasteiger partial charge in [-0.1, -0.05) is 0 Å². The van der Waals surface area contributed by atoms with Crippen molar-refractivity contribution in [2.45, 2.75) is 37.8 Å². The Morgan fingerprint density at radius 2 is 1.72 bits per heavy atom. The minimum atomic E-state index is -1.04. The maximum Gasteiger partial charge on any atom is 0.313 e. The van der Waals surface area contributed by atoms with Crippen molar-refractivity contribution in [3.8, 4) is 11.8 Å². The van der Waals surface area contributed by atoms with Gasteiger partial charge in [-0.25, -0.2) is 8.78 Å². The van der Waals surface area contributed by atoms with E-state index >= 15 is 0 Å². The zero-order chi connectivity index (χ0) is 22.7. The van der Waals surface area contributed by atoms with Gasteiger partial charge in [0.25, 0.3) is 0 Å². The molecule has 1 saturated carbocycles. The van der Waals surface area contributed by atoms with E-state index in [1.807, 2.05) is 0 Å². The van der Waals surface area contributed by atoms with Crippen molar-refractivity contribution in [3.05, 3.63) is 59.8 Å². The van der Waals surface area contributed by atoms with Crippen LogP contribution in [0.4, 0.5) is 14.5 Å². The van der Waals surface area contributed by atoms with Crippen LogP contribution in [-0.2, 0) is 9.59 Å². The predicted octanol–water partition coefficient (Wildman–Crippen LogP) is 3.76. The lowest BCUT2D eigenvalue weighted by atomic mass is 9.93. The van der Waals surface area contributed by atoms with Gasteiger partial charge in [0.15, 0.2) is 11.6 Å². The Hall–Kier alpha value is -3.93. The van der Waals surface area contributed by atoms with Gasteiger partial charge < -0.3 is 20.4 Å². The summed E-state index contributed by atoms with van der Waals surface area (Å²) >= 11 is 0. The third-order valence-corrected chi connectivity index (χ3v) is 5.47. The summed E-state index contributed by atoms with van der Waals surface area (Å²) in [6.45, 7) is 0. The molecule has 2 amide bonds. The van der Waals surface area contributed by atoms with E-state index in [0.29, 0.717) is 42.5 Å². The lowest BCUT2D eigenvalue weighted by Crippen LogP contribution is -2.44. The lowest BCUT2D eigenvalue weighted by Gasteiger charge is -2.29. The molecule has 3 N–H and O–H groups in total. The van der Waals surface area contributed by atoms with Gasteiger partial charge in [-0.15, -0.1) is 0 Å². The van der Waals surface area contributed by atoms with Gasteiger partial charge in [0.05, 0.1) is 28.9 Å². The molecule has 1 heterocycles. The molecule has 1 aliphatic rings. The number of nitriles is 1. The number of anilines is 1. The van der Waals surface area contributed by atoms with E-state index in [1.165, 1.54) is 6.20 Å². The second kappa shape index (κ2) is 9.06. The van der Waals surface area contributed by atoms with Crippen molar-refractivity contribution >= 4 is 28.4 Å². The highest BCUT2D eigenvalue weighted by molar-refractivity contribution is 6.40. The molecule has 0 radical (unpaired) electrons. The molecule has 0 unspecified atom stereocenters. The maximum atomic E-state index is 13.5. The van der Waals surface area contributed by atoms with Gasteiger partial charge in [0.1, 0.15) is 5.75 Å². The monoisotopic (exact) mass is 438 g/mol. The number of amides is 2. The molecular formula is C23H20F2N4O3. The summed E-state index contributed by atoms with van der Waals surface area (Å²) in [7, 11) is 0. The van der Waals surface area contributed by atoms with E-state index in [4.69, 9.17) is 10.00 Å². The quantitative estimate of drug-likeness (QED) is 0.539. The first-order valence-corrected chi connectivity index (χ1v) is 10.2. The normalized spacial score (nSPS) is 18.0. The molecule has 0 atom stereocenters. The smallest absolute Gasteiger partial charge is 0.313 e. The van der Waals surface area contributed by atoms with Gasteiger partial charge in [-0.05, 0) is 56.0 Å². The molecule has 2 aromatic carbocycles. The van der Waals surface area contributed by atoms with Gasteiger partial charge in [-0.2, -0.15) is 5.26 Å². The number of aromatic amines is 1. The van der Waals surface area contributed by atoms with Crippen LogP contribution in [0.3, 0.4) is 0 Å². The summed E-state index contributed by atoms with van der Waals surface area (Å²) in [5.41, 5.74) is 1.06. The number of rotatable bonds is 4. The number of H-pyrrole nitrogens is 1. The third kappa shape index (κ3) is 4.70. The summed E-state index contributed by atoms with van der Waals surface area (Å²) in [5, 5.41) is 14.3. The number of fused-ring (bicyclic) bond motifs is 1. The zero-order valence-corrected chi connectivity index (χ0v) is 17.0. The van der Waals surface area contributed by atoms with Crippen LogP contribution in [0.5, 0.6) is 5.75 Å². The summed E-state index contributed by atoms with van der Waals surface area (Å²) in [5.74, 6) is -3.04. The van der Waals surface area contributed by atoms with E-state index in [-0.39, 0.29) is 23.2 Å². The molecule has 1 fully saturated rings. The van der Waals surface area contributed by atoms with E-state index in [9.17, 15) is 18.4 Å². The van der Waals surface area contributed by atoms with Crippen molar-refractivity contribution in [1.29, 1.82) is 5.26 Å². The van der Waals surface area contributed by atoms with E-state index < -0.39 is 23.4 Å². The van der Waals surface area contributed by atoms with Crippen LogP contribution >= 0.6 is 0 Å². The Kier molecular flexibility index (Phi) is 6.03. The van der Waals surface area contributed by atoms with Crippen molar-refractivity contribution in [2.75, 3.05) is 5.32 Å². The van der Waals surface area contributed by atoms with Crippen LogP contribution in [0.2, 0.25) is 0 Å². The van der Waals surface area contributed by atoms with Crippen LogP contribution < -0.4 is 15.4 Å². The van der Waals surface area contributed by atoms with Crippen molar-refractivity contribution < 1.29 is 23.1 Å². The fraction of sp³-hybridized carbons (Fsp3) is 0.261. The van der Waals surface area contributed by atoms with Crippen LogP contribution in [0.15, 0.2) is 42.6 Å². The largest absolute Gasteiger partial charge is 0.490 e. The molecule has 164 valence electrons. The number of aromatic nitrogens is 1. The zero-order valence-electron chi connectivity index (χ0n) is 17.0. The summed E-state index contributed by atoms with van der Waals surface area (Å²) < 4.78 is 32.8. The topological polar surface area (TPSA) is 107 Å². The molecule has 9 heteroatoms. The van der Waals surface area contributed by atoms with Crippen LogP contribution in [0.25, 0.3) is 10.9 Å². The fourth-order valence-corrected chi connectivity index (χ4v) is 3.78. The number of carbonyl (C=O) groups is 2. The standard InChI is InChI=1S/C23H20F2N4O3/c24-18-9-17-20(10-19(18)25)27-12-21(17)29-23(31)22(30)28-14-3-7-16(8-4-14)32-15-5-1-13(11-26)2-6-15/h1-2,5-6,9-10,12,14,16,27H,3-4,7-8H2,(H,28,30)(H,29,31). The molecule has 0 bridgehead atoms. The molecule has 0 spiro atoms. The first-order valence-electron chi connectivity index (χ1n) is 10.2. The number of nitrogens with one attached hydrogen (secondary N) is 3. The SMILES string of the molecule is N#Cc1ccc(OC2CCC(NC(=O)C(=O)Nc3c[nH]c4cc(F)c(F)cc34)CC2)cc1. The lowest BCUT2D eigenvalue weighted by molar-refractivity contribution is -0.136. The van der Waals surface area contributed by atoms with Crippen molar-refractivity contribution in [1.82, 2.24) is 10.3 Å². The number of halogens is 2. The van der Waals surface area contributed by atoms with Crippen LogP contribution in [0.1, 0.15) is 31.2 Å². The number of hydrogen-bond acceptors (Lipinski definition) is 4. The Labute approximate surface area is 182 Å². The van der Waals surface area contributed by atoms with Crippen LogP contribution in [0, 0.1) is 23.0 Å². The average molecular weight is 438 g/mol. The first-order chi connectivity index (χ1) is 15.4. The highest BCUT2D eigenvalue weighted by Crippen LogP contribution is 2.26. The second-order valence-electron chi connectivity index (χ2n) is 7.67. The van der Waals surface area contributed by atoms with Gasteiger partial charge in [-0.3, -0.25) is 9.59 Å². The predicted molar refractivity (Wildman–Crippen MR) is 113 cm³/mol. The van der Waals surface area contributed by atoms with Gasteiger partial charge in [0.2, 0.25) is 0 Å². The molecule has 1 aromatic heterocycles. The first kappa shape index (κ1) is 21.3. The number of carbonyl (C=O) groups excluding carboxylic acids is 2. The molecule has 3 aromatic rings. The molecule has 0 aliphatic heterocycles. The van der Waals surface area contributed by atoms with E-state index in [1.54, 1.807) is 24.3 Å². The fourth-order valence-electron chi connectivity index (χ4n) is 3.78. The number of ether oxygens (including phenoxy) is 1. The molecule has 4 rings (SSSR count). The minimum Gasteiger partial charge on any atom is -0.490 e. The molecule has 1 aliphatic carbocycles. The van der Waals surface area contributed by atoms with Crippen molar-refractivity contribution in [3.63, 3.8) is 0 Å². The Bertz CT molecular complexity index is 1190. The highest BCUT2D eigenvalue weighted by Gasteiger charge is 2.26. The van der Waals surface area contributed by atoms with E-state index in [0.717, 1.165) is 12.1 Å². The molecule has 32 heavy (non-hydrogen) atoms. The summed E-state index contributed by atoms with van der Waals surface area (Å²) in [6, 6.07) is 10.7. The van der Waals surface area contributed by atoms with Gasteiger partial charge >= 0.3 is 11.8 Å². The average Bonchev–Trinajstić information content (AvgIpc) is 3.17. The van der Waals surface area contributed by atoms with Gasteiger partial charge in [0, 0.05) is 23.7 Å². The van der Waals surface area contributed by atoms with Crippen LogP contribution in [-0.4, -0.2) is 28.9 Å². The van der Waals surface area contributed by atoms with E-state index in [2.05, 4.69) is 21.7 Å². The third-order valence-electron chi connectivity index (χ3n) is 5.47. The molecule has 0 saturated heterocycles. The molecule has 7 nitrogen and oxygen atoms in total. The highest BCUT2D eigenvalue weighted by atomic mass is 19.2. The molecular weight excluding hydrogens is 418 g/mol. The number of nitrogens with zero attached hydrogens (tertiary/aromatic N) is 1. The minimum absolute atomic E-state index is 0.00794. The summed E-state index contributed by atoms with van der Waals surface area (Å²) in [4.78, 5) is 27.3. The number of benzene rings is 2. The number of hydrogen-bond donors (Lipinski definition) is 3. The Morgan fingerprint density at radius 1 is 1.03 bits per heavy atom. The second-order valence-corrected chi connectivity index (χ2v) is 7.67. The van der Waals surface area contributed by atoms with Crippen molar-refractivity contribution in [2.24, 2.45) is 0 Å². The maximum absolute atomic E-state index is 13.5. The summed E-state index contributed by atoms with van der Waals surface area (Å²) in [6.07, 6.45) is 4.08. The Balaban J connectivity index is 1.28.